The van der Waals surface area contributed by atoms with E-state index in [4.69, 9.17) is 10.5 Å². The summed E-state index contributed by atoms with van der Waals surface area (Å²) in [6, 6.07) is -0.395. The third-order valence-electron chi connectivity index (χ3n) is 3.53. The molecule has 0 aromatic rings. The molecule has 0 aliphatic carbocycles. The topological polar surface area (TPSA) is 67.6 Å². The predicted octanol–water partition coefficient (Wildman–Crippen LogP) is 0.294. The Morgan fingerprint density at radius 3 is 2.68 bits per heavy atom. The molecule has 112 valence electrons. The van der Waals surface area contributed by atoms with Crippen LogP contribution in [0.3, 0.4) is 0 Å². The van der Waals surface area contributed by atoms with Crippen molar-refractivity contribution in [2.75, 3.05) is 44.9 Å². The van der Waals surface area contributed by atoms with Gasteiger partial charge in [0.2, 0.25) is 5.91 Å². The Hall–Kier alpha value is -0.300. The molecule has 19 heavy (non-hydrogen) atoms. The average Bonchev–Trinajstić information content (AvgIpc) is 2.43. The number of hydrogen-bond acceptors (Lipinski definition) is 5. The molecule has 0 aromatic carbocycles. The zero-order valence-corrected chi connectivity index (χ0v) is 13.1. The second-order valence-electron chi connectivity index (χ2n) is 5.52. The quantitative estimate of drug-likeness (QED) is 0.705. The van der Waals surface area contributed by atoms with Gasteiger partial charge in [0.1, 0.15) is 0 Å². The fourth-order valence-electron chi connectivity index (χ4n) is 2.09. The summed E-state index contributed by atoms with van der Waals surface area (Å²) in [5.41, 5.74) is 5.80. The molecular weight excluding hydrogens is 262 g/mol. The lowest BCUT2D eigenvalue weighted by atomic mass is 10.0. The van der Waals surface area contributed by atoms with Gasteiger partial charge in [0.15, 0.2) is 0 Å². The molecule has 6 heteroatoms. The first-order chi connectivity index (χ1) is 8.97. The van der Waals surface area contributed by atoms with Crippen LogP contribution in [-0.4, -0.2) is 67.2 Å². The minimum Gasteiger partial charge on any atom is -0.379 e. The number of thioether (sulfide) groups is 1. The van der Waals surface area contributed by atoms with E-state index in [-0.39, 0.29) is 11.4 Å². The SMILES string of the molecule is CSCC[C@@H](N)C(=O)NCC(C)(C)N1CCOCC1. The van der Waals surface area contributed by atoms with Gasteiger partial charge in [0.05, 0.1) is 19.3 Å². The number of morpholine rings is 1. The summed E-state index contributed by atoms with van der Waals surface area (Å²) in [6.45, 7) is 8.29. The molecular formula is C13H27N3O2S. The molecule has 5 nitrogen and oxygen atoms in total. The fraction of sp³-hybridized carbons (Fsp3) is 0.923. The fourth-order valence-corrected chi connectivity index (χ4v) is 2.58. The summed E-state index contributed by atoms with van der Waals surface area (Å²) in [6.07, 6.45) is 2.75. The highest BCUT2D eigenvalue weighted by atomic mass is 32.2. The number of nitrogens with zero attached hydrogens (tertiary/aromatic N) is 1. The zero-order valence-electron chi connectivity index (χ0n) is 12.3. The van der Waals surface area contributed by atoms with Crippen LogP contribution in [0.15, 0.2) is 0 Å². The molecule has 1 rings (SSSR count). The van der Waals surface area contributed by atoms with Gasteiger partial charge in [-0.3, -0.25) is 9.69 Å². The maximum absolute atomic E-state index is 11.9. The molecule has 0 bridgehead atoms. The Kier molecular flexibility index (Phi) is 7.13. The second kappa shape index (κ2) is 8.09. The Bertz CT molecular complexity index is 281. The highest BCUT2D eigenvalue weighted by molar-refractivity contribution is 7.98. The van der Waals surface area contributed by atoms with Gasteiger partial charge in [-0.05, 0) is 32.3 Å². The third-order valence-corrected chi connectivity index (χ3v) is 4.18. The van der Waals surface area contributed by atoms with E-state index >= 15 is 0 Å². The normalized spacial score (nSPS) is 19.2. The first-order valence-electron chi connectivity index (χ1n) is 6.82. The molecule has 0 aromatic heterocycles. The van der Waals surface area contributed by atoms with Gasteiger partial charge in [0, 0.05) is 25.2 Å². The lowest BCUT2D eigenvalue weighted by Gasteiger charge is -2.41. The average molecular weight is 289 g/mol. The van der Waals surface area contributed by atoms with Crippen LogP contribution in [0, 0.1) is 0 Å². The molecule has 0 saturated carbocycles. The smallest absolute Gasteiger partial charge is 0.237 e. The van der Waals surface area contributed by atoms with Gasteiger partial charge in [-0.15, -0.1) is 0 Å². The number of amides is 1. The van der Waals surface area contributed by atoms with Gasteiger partial charge in [0.25, 0.3) is 0 Å². The van der Waals surface area contributed by atoms with Gasteiger partial charge >= 0.3 is 0 Å². The standard InChI is InChI=1S/C13H27N3O2S/c1-13(2,16-5-7-18-8-6-16)10-15-12(17)11(14)4-9-19-3/h11H,4-10,14H2,1-3H3,(H,15,17)/t11-/m1/s1. The van der Waals surface area contributed by atoms with Crippen LogP contribution in [0.1, 0.15) is 20.3 Å². The number of carbonyl (C=O) groups is 1. The van der Waals surface area contributed by atoms with E-state index in [1.807, 2.05) is 6.26 Å². The molecule has 0 spiro atoms. The van der Waals surface area contributed by atoms with Gasteiger partial charge < -0.3 is 15.8 Å². The number of rotatable bonds is 7. The van der Waals surface area contributed by atoms with Crippen molar-refractivity contribution in [1.29, 1.82) is 0 Å². The van der Waals surface area contributed by atoms with Gasteiger partial charge in [-0.2, -0.15) is 11.8 Å². The van der Waals surface area contributed by atoms with Crippen LogP contribution in [0.2, 0.25) is 0 Å². The van der Waals surface area contributed by atoms with Crippen LogP contribution in [-0.2, 0) is 9.53 Å². The van der Waals surface area contributed by atoms with Gasteiger partial charge in [-0.25, -0.2) is 0 Å². The lowest BCUT2D eigenvalue weighted by Crippen LogP contribution is -2.56. The van der Waals surface area contributed by atoms with Crippen molar-refractivity contribution in [3.05, 3.63) is 0 Å². The summed E-state index contributed by atoms with van der Waals surface area (Å²) in [5, 5.41) is 2.97. The highest BCUT2D eigenvalue weighted by Gasteiger charge is 2.29. The van der Waals surface area contributed by atoms with Crippen LogP contribution in [0.25, 0.3) is 0 Å². The van der Waals surface area contributed by atoms with Crippen LogP contribution in [0.4, 0.5) is 0 Å². The monoisotopic (exact) mass is 289 g/mol. The van der Waals surface area contributed by atoms with Crippen molar-refractivity contribution in [2.45, 2.75) is 31.8 Å². The Labute approximate surface area is 120 Å². The highest BCUT2D eigenvalue weighted by Crippen LogP contribution is 2.15. The van der Waals surface area contributed by atoms with Crippen molar-refractivity contribution in [3.63, 3.8) is 0 Å². The number of nitrogens with two attached hydrogens (primary N) is 1. The summed E-state index contributed by atoms with van der Waals surface area (Å²) in [4.78, 5) is 14.2. The minimum atomic E-state index is -0.395. The van der Waals surface area contributed by atoms with Crippen LogP contribution < -0.4 is 11.1 Å². The van der Waals surface area contributed by atoms with Crippen molar-refractivity contribution < 1.29 is 9.53 Å². The Balaban J connectivity index is 2.34. The number of carbonyl (C=O) groups excluding carboxylic acids is 1. The first-order valence-corrected chi connectivity index (χ1v) is 8.22. The van der Waals surface area contributed by atoms with E-state index in [1.165, 1.54) is 0 Å². The molecule has 1 atom stereocenters. The van der Waals surface area contributed by atoms with Crippen molar-refractivity contribution in [2.24, 2.45) is 5.73 Å². The predicted molar refractivity (Wildman–Crippen MR) is 80.5 cm³/mol. The maximum atomic E-state index is 11.9. The Morgan fingerprint density at radius 2 is 2.11 bits per heavy atom. The number of ether oxygens (including phenoxy) is 1. The molecule has 1 aliphatic rings. The molecule has 1 saturated heterocycles. The van der Waals surface area contributed by atoms with E-state index in [0.717, 1.165) is 38.5 Å². The van der Waals surface area contributed by atoms with E-state index in [1.54, 1.807) is 11.8 Å². The van der Waals surface area contributed by atoms with Gasteiger partial charge in [-0.1, -0.05) is 0 Å². The summed E-state index contributed by atoms with van der Waals surface area (Å²) in [7, 11) is 0. The molecule has 1 amide bonds. The zero-order chi connectivity index (χ0) is 14.3. The Morgan fingerprint density at radius 1 is 1.47 bits per heavy atom. The summed E-state index contributed by atoms with van der Waals surface area (Å²) in [5.74, 6) is 0.872. The van der Waals surface area contributed by atoms with E-state index in [0.29, 0.717) is 6.54 Å². The molecule has 0 unspecified atom stereocenters. The van der Waals surface area contributed by atoms with E-state index in [9.17, 15) is 4.79 Å². The van der Waals surface area contributed by atoms with Crippen molar-refractivity contribution in [1.82, 2.24) is 10.2 Å². The molecule has 1 heterocycles. The molecule has 1 fully saturated rings. The molecule has 1 aliphatic heterocycles. The van der Waals surface area contributed by atoms with Crippen molar-refractivity contribution in [3.8, 4) is 0 Å². The number of nitrogens with one attached hydrogen (secondary N) is 1. The largest absolute Gasteiger partial charge is 0.379 e. The second-order valence-corrected chi connectivity index (χ2v) is 6.50. The van der Waals surface area contributed by atoms with Crippen LogP contribution in [0.5, 0.6) is 0 Å². The first kappa shape index (κ1) is 16.8. The van der Waals surface area contributed by atoms with Crippen LogP contribution >= 0.6 is 11.8 Å². The molecule has 0 radical (unpaired) electrons. The van der Waals surface area contributed by atoms with Crippen molar-refractivity contribution >= 4 is 17.7 Å². The lowest BCUT2D eigenvalue weighted by molar-refractivity contribution is -0.123. The number of hydrogen-bond donors (Lipinski definition) is 2. The van der Waals surface area contributed by atoms with E-state index in [2.05, 4.69) is 24.1 Å². The summed E-state index contributed by atoms with van der Waals surface area (Å²) < 4.78 is 5.35. The third kappa shape index (κ3) is 5.69. The minimum absolute atomic E-state index is 0.0459. The summed E-state index contributed by atoms with van der Waals surface area (Å²) >= 11 is 1.71. The molecule has 3 N–H and O–H groups in total. The maximum Gasteiger partial charge on any atom is 0.237 e. The van der Waals surface area contributed by atoms with E-state index < -0.39 is 6.04 Å².